The average Bonchev–Trinajstić information content (AvgIpc) is 2.77. The minimum atomic E-state index is -0.950. The van der Waals surface area contributed by atoms with Crippen molar-refractivity contribution >= 4 is 0 Å². The van der Waals surface area contributed by atoms with Gasteiger partial charge in [0.05, 0.1) is 12.7 Å². The number of hydrogen-bond acceptors (Lipinski definition) is 3. The maximum atomic E-state index is 9.88. The summed E-state index contributed by atoms with van der Waals surface area (Å²) >= 11 is 0. The predicted octanol–water partition coefficient (Wildman–Crippen LogP) is 2.85. The molecule has 2 aromatic rings. The zero-order valence-corrected chi connectivity index (χ0v) is 12.9. The zero-order valence-electron chi connectivity index (χ0n) is 12.9. The van der Waals surface area contributed by atoms with E-state index in [0.29, 0.717) is 12.2 Å². The lowest BCUT2D eigenvalue weighted by molar-refractivity contribution is 0.0737. The van der Waals surface area contributed by atoms with Crippen LogP contribution in [-0.4, -0.2) is 20.1 Å². The van der Waals surface area contributed by atoms with Crippen LogP contribution in [0.5, 0.6) is 0 Å². The van der Waals surface area contributed by atoms with E-state index in [2.05, 4.69) is 55.3 Å². The molecule has 0 aliphatic heterocycles. The Balaban J connectivity index is 2.13. The van der Waals surface area contributed by atoms with Crippen LogP contribution in [0.25, 0.3) is 0 Å². The first-order valence-corrected chi connectivity index (χ1v) is 6.89. The highest BCUT2D eigenvalue weighted by atomic mass is 16.3. The second-order valence-corrected chi connectivity index (χ2v) is 6.81. The fourth-order valence-electron chi connectivity index (χ4n) is 1.95. The molecule has 1 N–H and O–H groups in total. The molecular weight excluding hydrogens is 250 g/mol. The van der Waals surface area contributed by atoms with Gasteiger partial charge in [-0.25, -0.2) is 4.68 Å². The Kier molecular flexibility index (Phi) is 3.69. The Morgan fingerprint density at radius 2 is 1.65 bits per heavy atom. The van der Waals surface area contributed by atoms with E-state index in [1.54, 1.807) is 24.7 Å². The van der Waals surface area contributed by atoms with Gasteiger partial charge in [-0.15, -0.1) is 5.10 Å². The van der Waals surface area contributed by atoms with Crippen molar-refractivity contribution in [3.8, 4) is 0 Å². The minimum Gasteiger partial charge on any atom is -0.384 e. The SMILES string of the molecule is CC(C)(C)c1ccc(Cn2cc(C(C)(C)O)nn2)cc1. The maximum Gasteiger partial charge on any atom is 0.114 e. The fourth-order valence-corrected chi connectivity index (χ4v) is 1.95. The molecule has 0 atom stereocenters. The van der Waals surface area contributed by atoms with Crippen LogP contribution in [0.15, 0.2) is 30.5 Å². The monoisotopic (exact) mass is 273 g/mol. The number of aromatic nitrogens is 3. The topological polar surface area (TPSA) is 50.9 Å². The third kappa shape index (κ3) is 3.45. The fraction of sp³-hybridized carbons (Fsp3) is 0.500. The average molecular weight is 273 g/mol. The Morgan fingerprint density at radius 1 is 1.05 bits per heavy atom. The third-order valence-electron chi connectivity index (χ3n) is 3.33. The molecule has 0 fully saturated rings. The van der Waals surface area contributed by atoms with Crippen LogP contribution >= 0.6 is 0 Å². The van der Waals surface area contributed by atoms with E-state index in [9.17, 15) is 5.11 Å². The van der Waals surface area contributed by atoms with E-state index in [0.717, 1.165) is 0 Å². The van der Waals surface area contributed by atoms with Gasteiger partial charge in [-0.05, 0) is 30.4 Å². The number of aliphatic hydroxyl groups is 1. The van der Waals surface area contributed by atoms with Gasteiger partial charge in [0.2, 0.25) is 0 Å². The largest absolute Gasteiger partial charge is 0.384 e. The molecule has 20 heavy (non-hydrogen) atoms. The molecule has 108 valence electrons. The number of benzene rings is 1. The summed E-state index contributed by atoms with van der Waals surface area (Å²) in [7, 11) is 0. The van der Waals surface area contributed by atoms with E-state index in [1.165, 1.54) is 11.1 Å². The molecule has 0 aliphatic rings. The highest BCUT2D eigenvalue weighted by molar-refractivity contribution is 5.27. The quantitative estimate of drug-likeness (QED) is 0.935. The molecule has 0 radical (unpaired) electrons. The molecule has 1 aromatic carbocycles. The van der Waals surface area contributed by atoms with Gasteiger partial charge < -0.3 is 5.11 Å². The van der Waals surface area contributed by atoms with E-state index in [1.807, 2.05) is 0 Å². The first-order valence-electron chi connectivity index (χ1n) is 6.89. The summed E-state index contributed by atoms with van der Waals surface area (Å²) in [6.07, 6.45) is 1.79. The number of rotatable bonds is 3. The van der Waals surface area contributed by atoms with E-state index in [4.69, 9.17) is 0 Å². The molecule has 0 saturated carbocycles. The van der Waals surface area contributed by atoms with Gasteiger partial charge in [-0.2, -0.15) is 0 Å². The molecule has 1 heterocycles. The summed E-state index contributed by atoms with van der Waals surface area (Å²) in [5.41, 5.74) is 2.29. The minimum absolute atomic E-state index is 0.167. The lowest BCUT2D eigenvalue weighted by Gasteiger charge is -2.19. The normalized spacial score (nSPS) is 12.7. The molecule has 4 heteroatoms. The Hall–Kier alpha value is -1.68. The third-order valence-corrected chi connectivity index (χ3v) is 3.33. The van der Waals surface area contributed by atoms with Crippen LogP contribution in [0.2, 0.25) is 0 Å². The molecule has 1 aromatic heterocycles. The lowest BCUT2D eigenvalue weighted by Crippen LogP contribution is -2.15. The highest BCUT2D eigenvalue weighted by Crippen LogP contribution is 2.22. The summed E-state index contributed by atoms with van der Waals surface area (Å²) in [5.74, 6) is 0. The zero-order chi connectivity index (χ0) is 15.0. The van der Waals surface area contributed by atoms with Crippen molar-refractivity contribution in [3.63, 3.8) is 0 Å². The van der Waals surface area contributed by atoms with E-state index >= 15 is 0 Å². The van der Waals surface area contributed by atoms with Crippen LogP contribution in [-0.2, 0) is 17.6 Å². The maximum absolute atomic E-state index is 9.88. The van der Waals surface area contributed by atoms with Crippen molar-refractivity contribution in [2.24, 2.45) is 0 Å². The molecule has 2 rings (SSSR count). The summed E-state index contributed by atoms with van der Waals surface area (Å²) < 4.78 is 1.75. The van der Waals surface area contributed by atoms with Gasteiger partial charge in [0, 0.05) is 0 Å². The van der Waals surface area contributed by atoms with Gasteiger partial charge >= 0.3 is 0 Å². The van der Waals surface area contributed by atoms with Crippen molar-refractivity contribution < 1.29 is 5.11 Å². The van der Waals surface area contributed by atoms with Crippen molar-refractivity contribution in [1.82, 2.24) is 15.0 Å². The van der Waals surface area contributed by atoms with Crippen molar-refractivity contribution in [1.29, 1.82) is 0 Å². The van der Waals surface area contributed by atoms with Crippen molar-refractivity contribution in [3.05, 3.63) is 47.3 Å². The van der Waals surface area contributed by atoms with Gasteiger partial charge in [-0.1, -0.05) is 50.3 Å². The second-order valence-electron chi connectivity index (χ2n) is 6.81. The smallest absolute Gasteiger partial charge is 0.114 e. The van der Waals surface area contributed by atoms with E-state index < -0.39 is 5.60 Å². The predicted molar refractivity (Wildman–Crippen MR) is 79.5 cm³/mol. The Labute approximate surface area is 120 Å². The van der Waals surface area contributed by atoms with Gasteiger partial charge in [0.15, 0.2) is 0 Å². The molecule has 0 aliphatic carbocycles. The molecule has 0 amide bonds. The van der Waals surface area contributed by atoms with Crippen molar-refractivity contribution in [2.45, 2.75) is 52.2 Å². The molecule has 0 unspecified atom stereocenters. The van der Waals surface area contributed by atoms with Crippen LogP contribution in [0, 0.1) is 0 Å². The molecule has 0 saturated heterocycles. The molecule has 0 bridgehead atoms. The highest BCUT2D eigenvalue weighted by Gasteiger charge is 2.20. The first-order chi connectivity index (χ1) is 9.16. The summed E-state index contributed by atoms with van der Waals surface area (Å²) in [6, 6.07) is 8.55. The molecular formula is C16H23N3O. The van der Waals surface area contributed by atoms with Gasteiger partial charge in [-0.3, -0.25) is 0 Å². The summed E-state index contributed by atoms with van der Waals surface area (Å²) in [5, 5.41) is 17.9. The van der Waals surface area contributed by atoms with Crippen molar-refractivity contribution in [2.75, 3.05) is 0 Å². The number of hydrogen-bond donors (Lipinski definition) is 1. The Morgan fingerprint density at radius 3 is 2.10 bits per heavy atom. The lowest BCUT2D eigenvalue weighted by atomic mass is 9.87. The summed E-state index contributed by atoms with van der Waals surface area (Å²) in [6.45, 7) is 10.7. The molecule has 4 nitrogen and oxygen atoms in total. The standard InChI is InChI=1S/C16H23N3O/c1-15(2,3)13-8-6-12(7-9-13)10-19-11-14(17-18-19)16(4,5)20/h6-9,11,20H,10H2,1-5H3. The Bertz CT molecular complexity index is 571. The van der Waals surface area contributed by atoms with Crippen LogP contribution in [0.4, 0.5) is 0 Å². The number of nitrogens with zero attached hydrogens (tertiary/aromatic N) is 3. The van der Waals surface area contributed by atoms with Crippen LogP contribution in [0.1, 0.15) is 51.4 Å². The first kappa shape index (κ1) is 14.7. The van der Waals surface area contributed by atoms with Crippen LogP contribution < -0.4 is 0 Å². The second kappa shape index (κ2) is 5.02. The van der Waals surface area contributed by atoms with Gasteiger partial charge in [0.1, 0.15) is 11.3 Å². The molecule has 0 spiro atoms. The van der Waals surface area contributed by atoms with Crippen LogP contribution in [0.3, 0.4) is 0 Å². The van der Waals surface area contributed by atoms with Gasteiger partial charge in [0.25, 0.3) is 0 Å². The van der Waals surface area contributed by atoms with E-state index in [-0.39, 0.29) is 5.41 Å². The summed E-state index contributed by atoms with van der Waals surface area (Å²) in [4.78, 5) is 0.